The maximum absolute atomic E-state index is 12.5. The second-order valence-corrected chi connectivity index (χ2v) is 7.47. The van der Waals surface area contributed by atoms with E-state index in [0.717, 1.165) is 50.5 Å². The van der Waals surface area contributed by atoms with E-state index in [1.165, 1.54) is 10.5 Å². The SMILES string of the molecule is O=C(CN1C(=O)[C@H]2CCCC[C@H]2C1=O)N[C@H]1CCCc2ccccc21. The molecule has 0 unspecified atom stereocenters. The smallest absolute Gasteiger partial charge is 0.240 e. The van der Waals surface area contributed by atoms with Crippen LogP contribution in [0.3, 0.4) is 0 Å². The number of hydrogen-bond donors (Lipinski definition) is 1. The largest absolute Gasteiger partial charge is 0.348 e. The molecule has 1 N–H and O–H groups in total. The first-order valence-corrected chi connectivity index (χ1v) is 9.37. The Kier molecular flexibility index (Phi) is 4.32. The van der Waals surface area contributed by atoms with E-state index in [-0.39, 0.29) is 42.1 Å². The molecule has 1 saturated carbocycles. The minimum absolute atomic E-state index is 0.0208. The summed E-state index contributed by atoms with van der Waals surface area (Å²) >= 11 is 0. The number of carbonyl (C=O) groups excluding carboxylic acids is 3. The van der Waals surface area contributed by atoms with E-state index >= 15 is 0 Å². The summed E-state index contributed by atoms with van der Waals surface area (Å²) in [6.07, 6.45) is 6.53. The van der Waals surface area contributed by atoms with E-state index in [1.807, 2.05) is 12.1 Å². The molecule has 4 rings (SSSR count). The Labute approximate surface area is 147 Å². The summed E-state index contributed by atoms with van der Waals surface area (Å²) in [6, 6.07) is 8.15. The summed E-state index contributed by atoms with van der Waals surface area (Å²) in [5.74, 6) is -0.904. The standard InChI is InChI=1S/C20H24N2O3/c23-18(21-17-11-5-7-13-6-1-2-8-14(13)17)12-22-19(24)15-9-3-4-10-16(15)20(22)25/h1-2,6,8,15-17H,3-5,7,9-12H2,(H,21,23)/t15-,16+,17-/m0/s1. The number of hydrogen-bond acceptors (Lipinski definition) is 3. The summed E-state index contributed by atoms with van der Waals surface area (Å²) in [6.45, 7) is -0.136. The van der Waals surface area contributed by atoms with Gasteiger partial charge in [-0.3, -0.25) is 19.3 Å². The van der Waals surface area contributed by atoms with E-state index in [4.69, 9.17) is 0 Å². The highest BCUT2D eigenvalue weighted by molar-refractivity contribution is 6.07. The highest BCUT2D eigenvalue weighted by Crippen LogP contribution is 2.38. The van der Waals surface area contributed by atoms with Crippen LogP contribution in [0.25, 0.3) is 0 Å². The van der Waals surface area contributed by atoms with Crippen molar-refractivity contribution in [1.82, 2.24) is 10.2 Å². The molecule has 3 aliphatic rings. The maximum Gasteiger partial charge on any atom is 0.240 e. The molecule has 1 aliphatic heterocycles. The van der Waals surface area contributed by atoms with Crippen LogP contribution in [0.5, 0.6) is 0 Å². The van der Waals surface area contributed by atoms with Crippen molar-refractivity contribution in [2.45, 2.75) is 51.0 Å². The van der Waals surface area contributed by atoms with Crippen molar-refractivity contribution in [3.05, 3.63) is 35.4 Å². The fraction of sp³-hybridized carbons (Fsp3) is 0.550. The molecule has 0 radical (unpaired) electrons. The topological polar surface area (TPSA) is 66.5 Å². The zero-order valence-electron chi connectivity index (χ0n) is 14.4. The first-order chi connectivity index (χ1) is 12.1. The third-order valence-electron chi connectivity index (χ3n) is 5.94. The number of aryl methyl sites for hydroxylation is 1. The lowest BCUT2D eigenvalue weighted by molar-refractivity contribution is -0.143. The van der Waals surface area contributed by atoms with E-state index in [2.05, 4.69) is 17.4 Å². The second kappa shape index (κ2) is 6.62. The van der Waals surface area contributed by atoms with Gasteiger partial charge in [0.2, 0.25) is 17.7 Å². The number of carbonyl (C=O) groups is 3. The van der Waals surface area contributed by atoms with Gasteiger partial charge < -0.3 is 5.32 Å². The molecule has 1 aromatic rings. The van der Waals surface area contributed by atoms with Crippen LogP contribution < -0.4 is 5.32 Å². The van der Waals surface area contributed by atoms with Gasteiger partial charge in [0.05, 0.1) is 17.9 Å². The summed E-state index contributed by atoms with van der Waals surface area (Å²) in [7, 11) is 0. The van der Waals surface area contributed by atoms with Gasteiger partial charge in [-0.1, -0.05) is 37.1 Å². The molecule has 0 bridgehead atoms. The quantitative estimate of drug-likeness (QED) is 0.859. The molecule has 25 heavy (non-hydrogen) atoms. The minimum Gasteiger partial charge on any atom is -0.348 e. The van der Waals surface area contributed by atoms with Gasteiger partial charge >= 0.3 is 0 Å². The molecular formula is C20H24N2O3. The second-order valence-electron chi connectivity index (χ2n) is 7.47. The summed E-state index contributed by atoms with van der Waals surface area (Å²) in [5, 5.41) is 3.04. The first kappa shape index (κ1) is 16.3. The molecule has 2 aliphatic carbocycles. The van der Waals surface area contributed by atoms with Gasteiger partial charge in [0, 0.05) is 0 Å². The van der Waals surface area contributed by atoms with E-state index in [9.17, 15) is 14.4 Å². The summed E-state index contributed by atoms with van der Waals surface area (Å²) in [5.41, 5.74) is 2.44. The third kappa shape index (κ3) is 2.96. The molecule has 1 heterocycles. The number of nitrogens with one attached hydrogen (secondary N) is 1. The predicted molar refractivity (Wildman–Crippen MR) is 92.4 cm³/mol. The first-order valence-electron chi connectivity index (χ1n) is 9.37. The Bertz CT molecular complexity index is 691. The van der Waals surface area contributed by atoms with Crippen molar-refractivity contribution in [3.8, 4) is 0 Å². The van der Waals surface area contributed by atoms with E-state index in [1.54, 1.807) is 0 Å². The van der Waals surface area contributed by atoms with Crippen LogP contribution in [0.2, 0.25) is 0 Å². The Morgan fingerprint density at radius 3 is 2.40 bits per heavy atom. The number of imide groups is 1. The molecule has 3 atom stereocenters. The Morgan fingerprint density at radius 1 is 1.00 bits per heavy atom. The zero-order valence-corrected chi connectivity index (χ0v) is 14.4. The molecule has 5 nitrogen and oxygen atoms in total. The van der Waals surface area contributed by atoms with Crippen molar-refractivity contribution >= 4 is 17.7 Å². The highest BCUT2D eigenvalue weighted by Gasteiger charge is 2.48. The monoisotopic (exact) mass is 340 g/mol. The van der Waals surface area contributed by atoms with Crippen molar-refractivity contribution in [3.63, 3.8) is 0 Å². The molecule has 5 heteroatoms. The Morgan fingerprint density at radius 2 is 1.68 bits per heavy atom. The van der Waals surface area contributed by atoms with Gasteiger partial charge in [0.1, 0.15) is 6.54 Å². The Balaban J connectivity index is 1.43. The van der Waals surface area contributed by atoms with Gasteiger partial charge in [0.15, 0.2) is 0 Å². The van der Waals surface area contributed by atoms with Crippen LogP contribution in [0.15, 0.2) is 24.3 Å². The van der Waals surface area contributed by atoms with Crippen LogP contribution in [-0.4, -0.2) is 29.2 Å². The van der Waals surface area contributed by atoms with E-state index < -0.39 is 0 Å². The van der Waals surface area contributed by atoms with Gasteiger partial charge in [-0.2, -0.15) is 0 Å². The average molecular weight is 340 g/mol. The lowest BCUT2D eigenvalue weighted by atomic mass is 9.81. The van der Waals surface area contributed by atoms with Gasteiger partial charge in [-0.25, -0.2) is 0 Å². The fourth-order valence-electron chi connectivity index (χ4n) is 4.67. The van der Waals surface area contributed by atoms with Gasteiger partial charge in [0.25, 0.3) is 0 Å². The fourth-order valence-corrected chi connectivity index (χ4v) is 4.67. The maximum atomic E-state index is 12.5. The summed E-state index contributed by atoms with van der Waals surface area (Å²) in [4.78, 5) is 38.7. The van der Waals surface area contributed by atoms with Crippen LogP contribution in [-0.2, 0) is 20.8 Å². The van der Waals surface area contributed by atoms with Crippen molar-refractivity contribution < 1.29 is 14.4 Å². The van der Waals surface area contributed by atoms with Crippen LogP contribution >= 0.6 is 0 Å². The molecule has 1 aromatic carbocycles. The third-order valence-corrected chi connectivity index (χ3v) is 5.94. The highest BCUT2D eigenvalue weighted by atomic mass is 16.2. The Hall–Kier alpha value is -2.17. The van der Waals surface area contributed by atoms with Crippen molar-refractivity contribution in [1.29, 1.82) is 0 Å². The van der Waals surface area contributed by atoms with E-state index in [0.29, 0.717) is 0 Å². The van der Waals surface area contributed by atoms with Crippen molar-refractivity contribution in [2.75, 3.05) is 6.54 Å². The number of fused-ring (bicyclic) bond motifs is 2. The van der Waals surface area contributed by atoms with Gasteiger partial charge in [-0.15, -0.1) is 0 Å². The van der Waals surface area contributed by atoms with Crippen LogP contribution in [0.1, 0.15) is 55.7 Å². The zero-order chi connectivity index (χ0) is 17.4. The number of nitrogens with zero attached hydrogens (tertiary/aromatic N) is 1. The predicted octanol–water partition coefficient (Wildman–Crippen LogP) is 2.36. The lowest BCUT2D eigenvalue weighted by Gasteiger charge is -2.27. The number of amides is 3. The molecule has 2 fully saturated rings. The average Bonchev–Trinajstić information content (AvgIpc) is 2.87. The number of likely N-dealkylation sites (tertiary alicyclic amines) is 1. The number of benzene rings is 1. The number of rotatable bonds is 3. The lowest BCUT2D eigenvalue weighted by Crippen LogP contribution is -2.42. The molecule has 0 spiro atoms. The van der Waals surface area contributed by atoms with Crippen LogP contribution in [0.4, 0.5) is 0 Å². The molecule has 3 amide bonds. The van der Waals surface area contributed by atoms with Gasteiger partial charge in [-0.05, 0) is 43.2 Å². The van der Waals surface area contributed by atoms with Crippen LogP contribution in [0, 0.1) is 11.8 Å². The van der Waals surface area contributed by atoms with Crippen molar-refractivity contribution in [2.24, 2.45) is 11.8 Å². The molecule has 132 valence electrons. The molecular weight excluding hydrogens is 316 g/mol. The molecule has 1 saturated heterocycles. The minimum atomic E-state index is -0.234. The normalized spacial score (nSPS) is 28.5. The summed E-state index contributed by atoms with van der Waals surface area (Å²) < 4.78 is 0. The molecule has 0 aromatic heterocycles.